The van der Waals surface area contributed by atoms with Crippen molar-refractivity contribution in [3.63, 3.8) is 0 Å². The maximum Gasteiger partial charge on any atom is 0.127 e. The first kappa shape index (κ1) is 14.8. The Morgan fingerprint density at radius 3 is 2.41 bits per heavy atom. The molecule has 1 atom stereocenters. The maximum absolute atomic E-state index is 14.1. The molecule has 0 saturated heterocycles. The number of rotatable bonds is 3. The lowest BCUT2D eigenvalue weighted by Crippen LogP contribution is -2.14. The fraction of sp³-hybridized carbons (Fsp3) is 0.571. The van der Waals surface area contributed by atoms with Crippen LogP contribution in [0.4, 0.5) is 4.39 Å². The molecule has 1 aromatic carbocycles. The van der Waals surface area contributed by atoms with E-state index in [4.69, 9.17) is 11.6 Å². The Labute approximate surface area is 113 Å². The van der Waals surface area contributed by atoms with Crippen molar-refractivity contribution in [2.75, 3.05) is 12.0 Å². The van der Waals surface area contributed by atoms with E-state index in [-0.39, 0.29) is 17.2 Å². The van der Waals surface area contributed by atoms with Crippen LogP contribution in [0.3, 0.4) is 0 Å². The normalized spacial score (nSPS) is 13.8. The first-order valence-corrected chi connectivity index (χ1v) is 7.53. The standard InChI is InChI=1S/C14H20ClFS/c1-9(8-17-5)10-6-13(16)11(7-12(10)15)14(2,3)4/h6-7,9H,8H2,1-5H3. The summed E-state index contributed by atoms with van der Waals surface area (Å²) in [6.45, 7) is 8.06. The largest absolute Gasteiger partial charge is 0.207 e. The van der Waals surface area contributed by atoms with Gasteiger partial charge in [0.05, 0.1) is 0 Å². The van der Waals surface area contributed by atoms with Crippen LogP contribution in [-0.2, 0) is 5.41 Å². The van der Waals surface area contributed by atoms with Crippen LogP contribution in [0.25, 0.3) is 0 Å². The molecule has 0 fully saturated rings. The molecule has 1 rings (SSSR count). The molecular weight excluding hydrogens is 255 g/mol. The summed E-state index contributed by atoms with van der Waals surface area (Å²) in [5, 5.41) is 0.679. The summed E-state index contributed by atoms with van der Waals surface area (Å²) in [5.74, 6) is 1.08. The van der Waals surface area contributed by atoms with Crippen molar-refractivity contribution in [2.45, 2.75) is 39.0 Å². The van der Waals surface area contributed by atoms with Gasteiger partial charge in [0.1, 0.15) is 5.82 Å². The first-order valence-electron chi connectivity index (χ1n) is 5.75. The number of thioether (sulfide) groups is 1. The van der Waals surface area contributed by atoms with Gasteiger partial charge in [-0.05, 0) is 46.6 Å². The van der Waals surface area contributed by atoms with Gasteiger partial charge in [-0.1, -0.05) is 39.3 Å². The Hall–Kier alpha value is -0.210. The number of hydrogen-bond donors (Lipinski definition) is 0. The van der Waals surface area contributed by atoms with E-state index in [9.17, 15) is 4.39 Å². The molecule has 0 saturated carbocycles. The minimum Gasteiger partial charge on any atom is -0.207 e. The van der Waals surface area contributed by atoms with Crippen molar-refractivity contribution >= 4 is 23.4 Å². The third-order valence-corrected chi connectivity index (χ3v) is 4.00. The molecule has 0 aliphatic heterocycles. The molecule has 0 nitrogen and oxygen atoms in total. The van der Waals surface area contributed by atoms with Crippen molar-refractivity contribution in [3.05, 3.63) is 34.1 Å². The van der Waals surface area contributed by atoms with Crippen LogP contribution >= 0.6 is 23.4 Å². The lowest BCUT2D eigenvalue weighted by molar-refractivity contribution is 0.521. The summed E-state index contributed by atoms with van der Waals surface area (Å²) in [5.41, 5.74) is 1.38. The maximum atomic E-state index is 14.1. The van der Waals surface area contributed by atoms with Crippen LogP contribution < -0.4 is 0 Å². The van der Waals surface area contributed by atoms with Gasteiger partial charge in [0.15, 0.2) is 0 Å². The second-order valence-electron chi connectivity index (χ2n) is 5.46. The van der Waals surface area contributed by atoms with Gasteiger partial charge in [-0.3, -0.25) is 0 Å². The highest BCUT2D eigenvalue weighted by atomic mass is 35.5. The summed E-state index contributed by atoms with van der Waals surface area (Å²) in [4.78, 5) is 0. The van der Waals surface area contributed by atoms with Crippen molar-refractivity contribution in [2.24, 2.45) is 0 Å². The Balaban J connectivity index is 3.18. The molecule has 96 valence electrons. The van der Waals surface area contributed by atoms with Crippen LogP contribution in [0, 0.1) is 5.82 Å². The Morgan fingerprint density at radius 1 is 1.35 bits per heavy atom. The third-order valence-electron chi connectivity index (χ3n) is 2.84. The molecule has 0 heterocycles. The van der Waals surface area contributed by atoms with Crippen molar-refractivity contribution in [1.82, 2.24) is 0 Å². The Morgan fingerprint density at radius 2 is 1.94 bits per heavy atom. The summed E-state index contributed by atoms with van der Waals surface area (Å²) in [7, 11) is 0. The van der Waals surface area contributed by atoms with Gasteiger partial charge in [0.25, 0.3) is 0 Å². The highest BCUT2D eigenvalue weighted by Crippen LogP contribution is 2.33. The minimum atomic E-state index is -0.213. The van der Waals surface area contributed by atoms with Gasteiger partial charge in [-0.25, -0.2) is 4.39 Å². The van der Waals surface area contributed by atoms with E-state index in [0.29, 0.717) is 10.6 Å². The van der Waals surface area contributed by atoms with E-state index < -0.39 is 0 Å². The third kappa shape index (κ3) is 3.62. The van der Waals surface area contributed by atoms with E-state index >= 15 is 0 Å². The van der Waals surface area contributed by atoms with E-state index in [1.807, 2.05) is 27.0 Å². The van der Waals surface area contributed by atoms with Crippen LogP contribution in [-0.4, -0.2) is 12.0 Å². The SMILES string of the molecule is CSCC(C)c1cc(F)c(C(C)(C)C)cc1Cl. The number of halogens is 2. The summed E-state index contributed by atoms with van der Waals surface area (Å²) >= 11 is 8.01. The predicted octanol–water partition coefficient (Wildman–Crippen LogP) is 5.24. The topological polar surface area (TPSA) is 0 Å². The lowest BCUT2D eigenvalue weighted by atomic mass is 9.85. The van der Waals surface area contributed by atoms with Crippen molar-refractivity contribution in [1.29, 1.82) is 0 Å². The number of hydrogen-bond acceptors (Lipinski definition) is 1. The molecule has 1 aromatic rings. The Bertz CT molecular complexity index is 396. The van der Waals surface area contributed by atoms with Crippen molar-refractivity contribution < 1.29 is 4.39 Å². The van der Waals surface area contributed by atoms with Gasteiger partial charge in [0, 0.05) is 5.02 Å². The summed E-state index contributed by atoms with van der Waals surface area (Å²) in [6, 6.07) is 3.38. The highest BCUT2D eigenvalue weighted by Gasteiger charge is 2.21. The monoisotopic (exact) mass is 274 g/mol. The second kappa shape index (κ2) is 5.62. The van der Waals surface area contributed by atoms with Crippen LogP contribution in [0.15, 0.2) is 12.1 Å². The van der Waals surface area contributed by atoms with Crippen LogP contribution in [0.5, 0.6) is 0 Å². The molecule has 0 bridgehead atoms. The molecule has 0 aromatic heterocycles. The second-order valence-corrected chi connectivity index (χ2v) is 6.78. The molecule has 1 unspecified atom stereocenters. The lowest BCUT2D eigenvalue weighted by Gasteiger charge is -2.22. The van der Waals surface area contributed by atoms with E-state index in [1.165, 1.54) is 0 Å². The zero-order chi connectivity index (χ0) is 13.2. The van der Waals surface area contributed by atoms with Crippen molar-refractivity contribution in [3.8, 4) is 0 Å². The first-order chi connectivity index (χ1) is 7.77. The highest BCUT2D eigenvalue weighted by molar-refractivity contribution is 7.98. The summed E-state index contributed by atoms with van der Waals surface area (Å²) < 4.78 is 14.1. The van der Waals surface area contributed by atoms with Gasteiger partial charge < -0.3 is 0 Å². The van der Waals surface area contributed by atoms with Crippen LogP contribution in [0.2, 0.25) is 5.02 Å². The average molecular weight is 275 g/mol. The zero-order valence-electron chi connectivity index (χ0n) is 11.1. The van der Waals surface area contributed by atoms with Gasteiger partial charge >= 0.3 is 0 Å². The molecule has 0 N–H and O–H groups in total. The smallest absolute Gasteiger partial charge is 0.127 e. The number of benzene rings is 1. The van der Waals surface area contributed by atoms with E-state index in [1.54, 1.807) is 23.9 Å². The average Bonchev–Trinajstić information content (AvgIpc) is 2.19. The molecule has 0 radical (unpaired) electrons. The van der Waals surface area contributed by atoms with Gasteiger partial charge in [0.2, 0.25) is 0 Å². The van der Waals surface area contributed by atoms with E-state index in [0.717, 1.165) is 11.3 Å². The van der Waals surface area contributed by atoms with Gasteiger partial charge in [-0.15, -0.1) is 0 Å². The molecule has 0 spiro atoms. The molecule has 0 aliphatic carbocycles. The molecule has 17 heavy (non-hydrogen) atoms. The minimum absolute atomic E-state index is 0.148. The molecular formula is C14H20ClFS. The molecule has 3 heteroatoms. The summed E-state index contributed by atoms with van der Waals surface area (Å²) in [6.07, 6.45) is 2.05. The fourth-order valence-electron chi connectivity index (χ4n) is 1.85. The fourth-order valence-corrected chi connectivity index (χ4v) is 2.88. The molecule has 0 aliphatic rings. The quantitative estimate of drug-likeness (QED) is 0.726. The zero-order valence-corrected chi connectivity index (χ0v) is 12.7. The van der Waals surface area contributed by atoms with Gasteiger partial charge in [-0.2, -0.15) is 11.8 Å². The molecule has 0 amide bonds. The van der Waals surface area contributed by atoms with Crippen LogP contribution in [0.1, 0.15) is 44.7 Å². The predicted molar refractivity (Wildman–Crippen MR) is 76.9 cm³/mol. The van der Waals surface area contributed by atoms with E-state index in [2.05, 4.69) is 6.92 Å². The Kier molecular flexibility index (Phi) is 4.91.